The molecule has 6 aliphatic heterocycles. The second kappa shape index (κ2) is 31.4. The minimum Gasteiger partial charge on any atom is -0.394 e. The van der Waals surface area contributed by atoms with Crippen LogP contribution in [0.25, 0.3) is 0 Å². The van der Waals surface area contributed by atoms with Gasteiger partial charge in [-0.1, -0.05) is 0 Å². The van der Waals surface area contributed by atoms with E-state index in [0.29, 0.717) is 0 Å². The Morgan fingerprint density at radius 2 is 0.726 bits per heavy atom. The molecule has 2 amide bonds. The first-order chi connectivity index (χ1) is 39.7. The van der Waals surface area contributed by atoms with Crippen LogP contribution < -0.4 is 10.6 Å². The minimum atomic E-state index is -2.37. The number of rotatable bonds is 25. The molecule has 0 bridgehead atoms. The third-order valence-corrected chi connectivity index (χ3v) is 15.0. The molecule has 0 aromatic rings. The monoisotopic (exact) mass is 1240 g/mol. The summed E-state index contributed by atoms with van der Waals surface area (Å²) < 4.78 is 68.8. The van der Waals surface area contributed by atoms with Gasteiger partial charge in [0.25, 0.3) is 0 Å². The van der Waals surface area contributed by atoms with Crippen LogP contribution in [0.4, 0.5) is 0 Å². The molecule has 84 heavy (non-hydrogen) atoms. The van der Waals surface area contributed by atoms with E-state index in [4.69, 9.17) is 56.8 Å². The lowest BCUT2D eigenvalue weighted by Crippen LogP contribution is -2.70. The lowest BCUT2D eigenvalue weighted by molar-refractivity contribution is -0.381. The topological polar surface area (TPSA) is 614 Å². The highest BCUT2D eigenvalue weighted by Gasteiger charge is 2.58. The summed E-state index contributed by atoms with van der Waals surface area (Å²) in [6.45, 7) is -6.42. The highest BCUT2D eigenvalue weighted by atomic mass is 16.8. The van der Waals surface area contributed by atoms with Gasteiger partial charge in [-0.2, -0.15) is 0 Å². The van der Waals surface area contributed by atoms with E-state index in [0.717, 1.165) is 13.8 Å². The van der Waals surface area contributed by atoms with E-state index in [1.54, 1.807) is 0 Å². The van der Waals surface area contributed by atoms with Crippen molar-refractivity contribution < 1.29 is 179 Å². The fraction of sp³-hybridized carbons (Fsp3) is 0.957. The van der Waals surface area contributed by atoms with Gasteiger partial charge in [0.2, 0.25) is 11.8 Å². The van der Waals surface area contributed by atoms with Crippen molar-refractivity contribution in [3.8, 4) is 0 Å². The molecule has 6 fully saturated rings. The lowest BCUT2D eigenvalue weighted by Gasteiger charge is -2.50. The second-order valence-corrected chi connectivity index (χ2v) is 20.8. The van der Waals surface area contributed by atoms with Crippen LogP contribution in [0.2, 0.25) is 0 Å². The van der Waals surface area contributed by atoms with Gasteiger partial charge < -0.3 is 180 Å². The zero-order valence-corrected chi connectivity index (χ0v) is 44.8. The Morgan fingerprint density at radius 3 is 1.15 bits per heavy atom. The van der Waals surface area contributed by atoms with Gasteiger partial charge >= 0.3 is 0 Å². The van der Waals surface area contributed by atoms with E-state index in [2.05, 4.69) is 10.6 Å². The molecular weight excluding hydrogens is 1160 g/mol. The molecule has 24 N–H and O–H groups in total. The molecule has 6 rings (SSSR count). The largest absolute Gasteiger partial charge is 0.394 e. The Morgan fingerprint density at radius 1 is 0.381 bits per heavy atom. The maximum Gasteiger partial charge on any atom is 0.217 e. The van der Waals surface area contributed by atoms with Crippen molar-refractivity contribution in [3.05, 3.63) is 0 Å². The smallest absolute Gasteiger partial charge is 0.217 e. The number of amides is 2. The number of hydrogen-bond donors (Lipinski definition) is 24. The van der Waals surface area contributed by atoms with Gasteiger partial charge in [0.15, 0.2) is 37.7 Å². The molecule has 34 atom stereocenters. The van der Waals surface area contributed by atoms with Crippen molar-refractivity contribution in [3.63, 3.8) is 0 Å². The van der Waals surface area contributed by atoms with Crippen molar-refractivity contribution in [1.82, 2.24) is 10.6 Å². The minimum absolute atomic E-state index is 0.885. The number of aliphatic hydroxyl groups excluding tert-OH is 22. The fourth-order valence-corrected chi connectivity index (χ4v) is 10.3. The third-order valence-electron chi connectivity index (χ3n) is 15.0. The number of carbonyl (C=O) groups is 2. The molecule has 490 valence electrons. The van der Waals surface area contributed by atoms with Gasteiger partial charge in [-0.25, -0.2) is 0 Å². The van der Waals surface area contributed by atoms with Crippen LogP contribution in [0, 0.1) is 0 Å². The fourth-order valence-electron chi connectivity index (χ4n) is 10.3. The molecule has 0 radical (unpaired) electrons. The summed E-state index contributed by atoms with van der Waals surface area (Å²) >= 11 is 0. The van der Waals surface area contributed by atoms with Gasteiger partial charge in [0, 0.05) is 13.8 Å². The summed E-state index contributed by atoms with van der Waals surface area (Å²) in [6.07, 6.45) is -63.8. The van der Waals surface area contributed by atoms with Gasteiger partial charge in [-0.3, -0.25) is 9.59 Å². The first-order valence-corrected chi connectivity index (χ1v) is 26.5. The van der Waals surface area contributed by atoms with Crippen LogP contribution in [-0.4, -0.2) is 386 Å². The molecule has 38 heteroatoms. The molecule has 6 saturated heterocycles. The summed E-state index contributed by atoms with van der Waals surface area (Å²) in [5.41, 5.74) is 0. The van der Waals surface area contributed by atoms with Crippen LogP contribution in [0.3, 0.4) is 0 Å². The van der Waals surface area contributed by atoms with E-state index < -0.39 is 273 Å². The van der Waals surface area contributed by atoms with Crippen molar-refractivity contribution >= 4 is 11.8 Å². The van der Waals surface area contributed by atoms with Crippen molar-refractivity contribution in [2.75, 3.05) is 52.9 Å². The van der Waals surface area contributed by atoms with E-state index in [-0.39, 0.29) is 0 Å². The number of ether oxygens (including phenoxy) is 12. The van der Waals surface area contributed by atoms with E-state index >= 15 is 0 Å². The summed E-state index contributed by atoms with van der Waals surface area (Å²) in [4.78, 5) is 25.4. The van der Waals surface area contributed by atoms with Crippen LogP contribution in [0.15, 0.2) is 0 Å². The van der Waals surface area contributed by atoms with E-state index in [9.17, 15) is 122 Å². The first-order valence-electron chi connectivity index (χ1n) is 26.5. The van der Waals surface area contributed by atoms with Gasteiger partial charge in [0.05, 0.1) is 52.9 Å². The molecule has 0 unspecified atom stereocenters. The Hall–Kier alpha value is -2.42. The normalized spacial score (nSPS) is 46.4. The Balaban J connectivity index is 1.27. The quantitative estimate of drug-likeness (QED) is 0.0404. The molecular formula is C46H80N2O36. The molecule has 0 saturated carbocycles. The molecule has 38 nitrogen and oxygen atoms in total. The van der Waals surface area contributed by atoms with Crippen LogP contribution in [0.1, 0.15) is 13.8 Å². The summed E-state index contributed by atoms with van der Waals surface area (Å²) in [7, 11) is 0. The second-order valence-electron chi connectivity index (χ2n) is 20.8. The standard InChI is InChI=1S/C46H80N2O36/c1-11(56)47-21-28(65)37(82-45-34(71)39(26(63)17(7-53)76-45)84-44-33(70)31(68)25(62)16(6-52)75-44)18(8-54)77-41(21)73-10-20-27(64)40(35(72)46(79-20)80-36(14(59)4-50)23(60)13(58)3-49)83-42-22(48-12(2)57)29(66)38(19(9-55)78-42)81-43-32(69)30(67)24(61)15(5-51)74-43/h13-46,49-55,58-72H,3-10H2,1-2H3,(H,47,56)(H,48,57)/t13-,14+,15+,16+,17+,18+,19+,20+,21+,22+,23+,24-,25-,26-,27-,28+,29+,30-,31-,32+,33+,34+,35+,36+,37+,38+,39-,40-,41+,42-,43-,44+,45-,46-/m0/s1. The molecule has 0 aromatic heterocycles. The van der Waals surface area contributed by atoms with Gasteiger partial charge in [0.1, 0.15) is 171 Å². The Bertz CT molecular complexity index is 2010. The highest BCUT2D eigenvalue weighted by molar-refractivity contribution is 5.73. The Labute approximate surface area is 475 Å². The summed E-state index contributed by atoms with van der Waals surface area (Å²) in [5, 5.41) is 239. The van der Waals surface area contributed by atoms with Gasteiger partial charge in [-0.05, 0) is 0 Å². The summed E-state index contributed by atoms with van der Waals surface area (Å²) in [6, 6.07) is -3.66. The maximum absolute atomic E-state index is 12.7. The summed E-state index contributed by atoms with van der Waals surface area (Å²) in [5.74, 6) is -1.79. The number of carbonyl (C=O) groups excluding carboxylic acids is 2. The van der Waals surface area contributed by atoms with Crippen molar-refractivity contribution in [1.29, 1.82) is 0 Å². The molecule has 0 aliphatic carbocycles. The number of aliphatic hydroxyl groups is 22. The first kappa shape index (κ1) is 70.7. The van der Waals surface area contributed by atoms with Crippen LogP contribution in [-0.2, 0) is 66.4 Å². The Kier molecular flexibility index (Phi) is 26.4. The van der Waals surface area contributed by atoms with Crippen molar-refractivity contribution in [2.45, 2.75) is 222 Å². The lowest BCUT2D eigenvalue weighted by atomic mass is 9.94. The SMILES string of the molecule is CC(=O)N[C@H]1[C@H](O[C@H]2[C@@H](O)[C@@H](CO[C@@H]3O[C@H](CO)[C@@H](O[C@@H]4O[C@H](CO)[C@H](O)[C@H](O[C@H]5O[C@H](CO)[C@H](O)[C@H](O)[C@H]5O)[C@H]4O)[C@H](O)[C@H]3NC(C)=O)O[C@@H](O[C@@H]([C@H](O)[C@@H](O)CO)[C@H](O)CO)[C@@H]2O)O[C@H](CO)[C@@H](O[C@@H]2O[C@H](CO)[C@H](O)[C@H](O)[C@H]2O)[C@@H]1O. The van der Waals surface area contributed by atoms with Crippen molar-refractivity contribution in [2.24, 2.45) is 0 Å². The number of hydrogen-bond acceptors (Lipinski definition) is 36. The third kappa shape index (κ3) is 15.8. The van der Waals surface area contributed by atoms with E-state index in [1.807, 2.05) is 0 Å². The average molecular weight is 1240 g/mol. The molecule has 0 aromatic carbocycles. The predicted octanol–water partition coefficient (Wildman–Crippen LogP) is -16.4. The average Bonchev–Trinajstić information content (AvgIpc) is 2.65. The zero-order chi connectivity index (χ0) is 62.3. The van der Waals surface area contributed by atoms with Crippen LogP contribution >= 0.6 is 0 Å². The molecule has 6 heterocycles. The van der Waals surface area contributed by atoms with Crippen LogP contribution in [0.5, 0.6) is 0 Å². The van der Waals surface area contributed by atoms with E-state index in [1.165, 1.54) is 0 Å². The van der Waals surface area contributed by atoms with Gasteiger partial charge in [-0.15, -0.1) is 0 Å². The zero-order valence-electron chi connectivity index (χ0n) is 44.8. The predicted molar refractivity (Wildman–Crippen MR) is 257 cm³/mol. The molecule has 0 spiro atoms. The highest BCUT2D eigenvalue weighted by Crippen LogP contribution is 2.37. The number of nitrogens with one attached hydrogen (secondary N) is 2. The maximum atomic E-state index is 12.7. The molecule has 6 aliphatic rings.